The molecule has 3 aliphatic rings. The second-order valence-electron chi connectivity index (χ2n) is 7.44. The third-order valence-electron chi connectivity index (χ3n) is 5.86. The molecule has 0 unspecified atom stereocenters. The minimum atomic E-state index is -3.73. The molecule has 5 rings (SSSR count). The SMILES string of the molecule is O=S1(=O)c2cccnc2O[C@H]2CN(C3CCC3)C[C@H]2N1Cc1ccccn1. The molecular weight excluding hydrogens is 364 g/mol. The number of nitrogens with zero attached hydrogens (tertiary/aromatic N) is 4. The van der Waals surface area contributed by atoms with Crippen LogP contribution < -0.4 is 4.74 Å². The van der Waals surface area contributed by atoms with E-state index in [0.717, 1.165) is 12.2 Å². The Kier molecular flexibility index (Phi) is 4.14. The van der Waals surface area contributed by atoms with Gasteiger partial charge in [0.15, 0.2) is 0 Å². The predicted molar refractivity (Wildman–Crippen MR) is 98.6 cm³/mol. The lowest BCUT2D eigenvalue weighted by Gasteiger charge is -2.35. The van der Waals surface area contributed by atoms with Crippen LogP contribution in [0.3, 0.4) is 0 Å². The summed E-state index contributed by atoms with van der Waals surface area (Å²) in [6.45, 7) is 1.66. The normalized spacial score (nSPS) is 27.9. The zero-order chi connectivity index (χ0) is 18.4. The van der Waals surface area contributed by atoms with E-state index in [1.807, 2.05) is 18.2 Å². The van der Waals surface area contributed by atoms with E-state index >= 15 is 0 Å². The minimum Gasteiger partial charge on any atom is -0.470 e. The van der Waals surface area contributed by atoms with E-state index in [4.69, 9.17) is 4.74 Å². The maximum atomic E-state index is 13.5. The van der Waals surface area contributed by atoms with Crippen molar-refractivity contribution in [2.45, 2.75) is 48.9 Å². The molecule has 0 N–H and O–H groups in total. The number of ether oxygens (including phenoxy) is 1. The van der Waals surface area contributed by atoms with Gasteiger partial charge in [-0.3, -0.25) is 9.88 Å². The number of likely N-dealkylation sites (tertiary alicyclic amines) is 1. The van der Waals surface area contributed by atoms with Gasteiger partial charge < -0.3 is 4.74 Å². The van der Waals surface area contributed by atoms with Crippen molar-refractivity contribution in [3.8, 4) is 5.88 Å². The number of hydrogen-bond donors (Lipinski definition) is 0. The highest BCUT2D eigenvalue weighted by Crippen LogP contribution is 2.38. The van der Waals surface area contributed by atoms with E-state index in [9.17, 15) is 8.42 Å². The summed E-state index contributed by atoms with van der Waals surface area (Å²) in [6.07, 6.45) is 6.66. The highest BCUT2D eigenvalue weighted by atomic mass is 32.2. The number of pyridine rings is 2. The summed E-state index contributed by atoms with van der Waals surface area (Å²) in [5, 5.41) is 0. The minimum absolute atomic E-state index is 0.144. The Labute approximate surface area is 159 Å². The maximum absolute atomic E-state index is 13.5. The van der Waals surface area contributed by atoms with Gasteiger partial charge in [-0.05, 0) is 37.1 Å². The van der Waals surface area contributed by atoms with Gasteiger partial charge in [-0.15, -0.1) is 0 Å². The second-order valence-corrected chi connectivity index (χ2v) is 9.30. The number of sulfonamides is 1. The van der Waals surface area contributed by atoms with Crippen molar-refractivity contribution in [2.24, 2.45) is 0 Å². The molecule has 2 aromatic heterocycles. The maximum Gasteiger partial charge on any atom is 0.249 e. The molecule has 8 heteroatoms. The number of rotatable bonds is 3. The summed E-state index contributed by atoms with van der Waals surface area (Å²) in [4.78, 5) is 11.1. The van der Waals surface area contributed by atoms with Crippen LogP contribution in [-0.2, 0) is 16.6 Å². The molecule has 0 aromatic carbocycles. The average Bonchev–Trinajstić information content (AvgIpc) is 2.98. The quantitative estimate of drug-likeness (QED) is 0.799. The summed E-state index contributed by atoms with van der Waals surface area (Å²) >= 11 is 0. The first kappa shape index (κ1) is 17.1. The summed E-state index contributed by atoms with van der Waals surface area (Å²) in [5.74, 6) is 0.214. The molecule has 2 fully saturated rings. The topological polar surface area (TPSA) is 75.6 Å². The molecule has 2 atom stereocenters. The molecule has 0 spiro atoms. The number of fused-ring (bicyclic) bond motifs is 2. The molecule has 2 aromatic rings. The van der Waals surface area contributed by atoms with E-state index in [-0.39, 0.29) is 29.5 Å². The molecule has 27 heavy (non-hydrogen) atoms. The molecule has 1 aliphatic carbocycles. The Morgan fingerprint density at radius 3 is 2.67 bits per heavy atom. The van der Waals surface area contributed by atoms with E-state index in [0.29, 0.717) is 12.6 Å². The van der Waals surface area contributed by atoms with Gasteiger partial charge in [-0.25, -0.2) is 13.4 Å². The van der Waals surface area contributed by atoms with Crippen LogP contribution >= 0.6 is 0 Å². The van der Waals surface area contributed by atoms with Crippen LogP contribution in [0.2, 0.25) is 0 Å². The molecule has 4 heterocycles. The fourth-order valence-electron chi connectivity index (χ4n) is 4.19. The Balaban J connectivity index is 1.56. The van der Waals surface area contributed by atoms with Crippen LogP contribution in [-0.4, -0.2) is 58.9 Å². The molecule has 7 nitrogen and oxygen atoms in total. The third kappa shape index (κ3) is 2.92. The molecule has 0 bridgehead atoms. The van der Waals surface area contributed by atoms with Crippen LogP contribution in [0, 0.1) is 0 Å². The van der Waals surface area contributed by atoms with Crippen molar-refractivity contribution in [1.29, 1.82) is 0 Å². The van der Waals surface area contributed by atoms with Gasteiger partial charge >= 0.3 is 0 Å². The summed E-state index contributed by atoms with van der Waals surface area (Å²) in [7, 11) is -3.73. The third-order valence-corrected chi connectivity index (χ3v) is 7.74. The Morgan fingerprint density at radius 1 is 1.07 bits per heavy atom. The van der Waals surface area contributed by atoms with Gasteiger partial charge in [-0.1, -0.05) is 12.5 Å². The predicted octanol–water partition coefficient (Wildman–Crippen LogP) is 1.67. The molecule has 142 valence electrons. The molecule has 0 radical (unpaired) electrons. The molecule has 1 saturated carbocycles. The van der Waals surface area contributed by atoms with Gasteiger partial charge in [0.1, 0.15) is 11.0 Å². The van der Waals surface area contributed by atoms with Crippen LogP contribution in [0.5, 0.6) is 5.88 Å². The molecule has 0 amide bonds. The largest absolute Gasteiger partial charge is 0.470 e. The van der Waals surface area contributed by atoms with Crippen LogP contribution in [0.25, 0.3) is 0 Å². The van der Waals surface area contributed by atoms with Crippen molar-refractivity contribution in [3.05, 3.63) is 48.4 Å². The van der Waals surface area contributed by atoms with E-state index in [1.54, 1.807) is 28.8 Å². The van der Waals surface area contributed by atoms with Crippen molar-refractivity contribution in [2.75, 3.05) is 13.1 Å². The molecule has 2 aliphatic heterocycles. The van der Waals surface area contributed by atoms with Crippen molar-refractivity contribution < 1.29 is 13.2 Å². The fourth-order valence-corrected chi connectivity index (χ4v) is 5.88. The Morgan fingerprint density at radius 2 is 1.93 bits per heavy atom. The van der Waals surface area contributed by atoms with E-state index in [2.05, 4.69) is 14.9 Å². The van der Waals surface area contributed by atoms with Crippen molar-refractivity contribution in [3.63, 3.8) is 0 Å². The van der Waals surface area contributed by atoms with Crippen LogP contribution in [0.1, 0.15) is 25.0 Å². The zero-order valence-electron chi connectivity index (χ0n) is 14.9. The van der Waals surface area contributed by atoms with E-state index in [1.165, 1.54) is 19.3 Å². The highest BCUT2D eigenvalue weighted by Gasteiger charge is 2.49. The first-order valence-corrected chi connectivity index (χ1v) is 10.8. The number of aromatic nitrogens is 2. The van der Waals surface area contributed by atoms with Gasteiger partial charge in [0, 0.05) is 31.5 Å². The van der Waals surface area contributed by atoms with Crippen LogP contribution in [0.4, 0.5) is 0 Å². The number of hydrogen-bond acceptors (Lipinski definition) is 6. The Hall–Kier alpha value is -2.03. The monoisotopic (exact) mass is 386 g/mol. The van der Waals surface area contributed by atoms with Gasteiger partial charge in [0.05, 0.1) is 18.3 Å². The lowest BCUT2D eigenvalue weighted by Crippen LogP contribution is -2.46. The van der Waals surface area contributed by atoms with Gasteiger partial charge in [0.2, 0.25) is 15.9 Å². The van der Waals surface area contributed by atoms with Crippen molar-refractivity contribution >= 4 is 10.0 Å². The summed E-state index contributed by atoms with van der Waals surface area (Å²) in [5.41, 5.74) is 0.731. The van der Waals surface area contributed by atoms with Gasteiger partial charge in [-0.2, -0.15) is 4.31 Å². The summed E-state index contributed by atoms with van der Waals surface area (Å²) < 4.78 is 34.7. The van der Waals surface area contributed by atoms with Crippen LogP contribution in [0.15, 0.2) is 47.6 Å². The summed E-state index contributed by atoms with van der Waals surface area (Å²) in [6, 6.07) is 9.09. The fraction of sp³-hybridized carbons (Fsp3) is 0.474. The van der Waals surface area contributed by atoms with Gasteiger partial charge in [0.25, 0.3) is 0 Å². The second kappa shape index (κ2) is 6.54. The zero-order valence-corrected chi connectivity index (χ0v) is 15.8. The standard InChI is InChI=1S/C19H22N4O3S/c24-27(25)18-8-4-10-21-19(18)26-17-13-22(15-6-3-7-15)12-16(17)23(27)11-14-5-1-2-9-20-14/h1-2,4-5,8-10,15-17H,3,6-7,11-13H2/t16-,17+/m1/s1. The lowest BCUT2D eigenvalue weighted by atomic mass is 9.92. The first-order chi connectivity index (χ1) is 13.1. The molecular formula is C19H22N4O3S. The smallest absolute Gasteiger partial charge is 0.249 e. The Bertz CT molecular complexity index is 933. The van der Waals surface area contributed by atoms with Crippen molar-refractivity contribution in [1.82, 2.24) is 19.2 Å². The molecule has 1 saturated heterocycles. The highest BCUT2D eigenvalue weighted by molar-refractivity contribution is 7.89. The van der Waals surface area contributed by atoms with E-state index < -0.39 is 10.0 Å². The first-order valence-electron chi connectivity index (χ1n) is 9.40. The average molecular weight is 386 g/mol. The lowest BCUT2D eigenvalue weighted by molar-refractivity contribution is 0.126.